The number of nitrogens with one attached hydrogen (secondary N) is 1. The van der Waals surface area contributed by atoms with Crippen LogP contribution in [0.1, 0.15) is 19.3 Å². The molecule has 2 fully saturated rings. The zero-order valence-corrected chi connectivity index (χ0v) is 11.1. The third-order valence-corrected chi connectivity index (χ3v) is 4.06. The summed E-state index contributed by atoms with van der Waals surface area (Å²) < 4.78 is 0. The van der Waals surface area contributed by atoms with E-state index in [2.05, 4.69) is 10.2 Å². The van der Waals surface area contributed by atoms with E-state index in [1.807, 2.05) is 4.90 Å². The summed E-state index contributed by atoms with van der Waals surface area (Å²) in [4.78, 5) is 16.4. The normalized spacial score (nSPS) is 23.3. The smallest absolute Gasteiger partial charge is 0.222 e. The van der Waals surface area contributed by atoms with E-state index in [1.165, 1.54) is 0 Å². The maximum Gasteiger partial charge on any atom is 0.222 e. The summed E-state index contributed by atoms with van der Waals surface area (Å²) in [5, 5.41) is 12.2. The van der Waals surface area contributed by atoms with Crippen LogP contribution in [0.3, 0.4) is 0 Å². The number of piperidine rings is 1. The van der Waals surface area contributed by atoms with Crippen LogP contribution in [0.2, 0.25) is 0 Å². The van der Waals surface area contributed by atoms with Gasteiger partial charge in [-0.05, 0) is 31.8 Å². The van der Waals surface area contributed by atoms with Gasteiger partial charge in [-0.3, -0.25) is 9.69 Å². The number of carbonyl (C=O) groups is 1. The molecule has 0 spiro atoms. The molecule has 1 amide bonds. The fourth-order valence-corrected chi connectivity index (χ4v) is 2.82. The lowest BCUT2D eigenvalue weighted by Crippen LogP contribution is -2.49. The molecule has 0 bridgehead atoms. The summed E-state index contributed by atoms with van der Waals surface area (Å²) in [6, 6.07) is 0. The number of β-amino-alcohol motifs (C(OH)–C–C–N with tert-alkyl or cyclic N) is 1. The standard InChI is InChI=1S/C13H25N3O2/c17-10-9-15-5-7-16(8-6-15)13(18)11-12-1-3-14-4-2-12/h12,14,17H,1-11H2. The predicted octanol–water partition coefficient (Wildman–Crippen LogP) is -0.487. The fourth-order valence-electron chi connectivity index (χ4n) is 2.82. The van der Waals surface area contributed by atoms with Crippen molar-refractivity contribution in [3.8, 4) is 0 Å². The zero-order valence-electron chi connectivity index (χ0n) is 11.1. The first-order chi connectivity index (χ1) is 8.79. The molecule has 18 heavy (non-hydrogen) atoms. The van der Waals surface area contributed by atoms with E-state index in [-0.39, 0.29) is 6.61 Å². The van der Waals surface area contributed by atoms with Crippen molar-refractivity contribution in [2.45, 2.75) is 19.3 Å². The number of rotatable bonds is 4. The van der Waals surface area contributed by atoms with Crippen LogP contribution in [-0.2, 0) is 4.79 Å². The van der Waals surface area contributed by atoms with Crippen LogP contribution in [0.25, 0.3) is 0 Å². The van der Waals surface area contributed by atoms with Gasteiger partial charge in [-0.25, -0.2) is 0 Å². The van der Waals surface area contributed by atoms with Gasteiger partial charge in [0.1, 0.15) is 0 Å². The Balaban J connectivity index is 1.70. The minimum atomic E-state index is 0.211. The molecule has 2 rings (SSSR count). The Bertz CT molecular complexity index is 259. The van der Waals surface area contributed by atoms with E-state index in [9.17, 15) is 4.79 Å². The van der Waals surface area contributed by atoms with Crippen molar-refractivity contribution in [2.75, 3.05) is 52.4 Å². The zero-order chi connectivity index (χ0) is 12.8. The van der Waals surface area contributed by atoms with Crippen molar-refractivity contribution in [2.24, 2.45) is 5.92 Å². The van der Waals surface area contributed by atoms with Crippen LogP contribution >= 0.6 is 0 Å². The summed E-state index contributed by atoms with van der Waals surface area (Å²) in [5.74, 6) is 0.903. The minimum absolute atomic E-state index is 0.211. The van der Waals surface area contributed by atoms with Crippen molar-refractivity contribution in [3.05, 3.63) is 0 Å². The second kappa shape index (κ2) is 7.07. The van der Waals surface area contributed by atoms with Gasteiger partial charge in [0.05, 0.1) is 6.61 Å². The van der Waals surface area contributed by atoms with E-state index < -0.39 is 0 Å². The SMILES string of the molecule is O=C(CC1CCNCC1)N1CCN(CCO)CC1. The molecule has 0 saturated carbocycles. The molecular formula is C13H25N3O2. The molecule has 104 valence electrons. The molecule has 0 unspecified atom stereocenters. The summed E-state index contributed by atoms with van der Waals surface area (Å²) >= 11 is 0. The third-order valence-electron chi connectivity index (χ3n) is 4.06. The number of aliphatic hydroxyl groups excluding tert-OH is 1. The van der Waals surface area contributed by atoms with Crippen LogP contribution in [-0.4, -0.2) is 73.2 Å². The van der Waals surface area contributed by atoms with Crippen molar-refractivity contribution < 1.29 is 9.90 Å². The molecular weight excluding hydrogens is 230 g/mol. The molecule has 2 saturated heterocycles. The number of amides is 1. The summed E-state index contributed by atoms with van der Waals surface area (Å²) in [5.41, 5.74) is 0. The van der Waals surface area contributed by atoms with Gasteiger partial charge in [0.15, 0.2) is 0 Å². The van der Waals surface area contributed by atoms with E-state index in [1.54, 1.807) is 0 Å². The van der Waals surface area contributed by atoms with Gasteiger partial charge in [0.2, 0.25) is 5.91 Å². The lowest BCUT2D eigenvalue weighted by Gasteiger charge is -2.35. The molecule has 0 aromatic rings. The number of carbonyl (C=O) groups excluding carboxylic acids is 1. The molecule has 5 nitrogen and oxygen atoms in total. The number of piperazine rings is 1. The highest BCUT2D eigenvalue weighted by Gasteiger charge is 2.23. The maximum absolute atomic E-state index is 12.2. The lowest BCUT2D eigenvalue weighted by molar-refractivity contribution is -0.134. The first kappa shape index (κ1) is 13.8. The highest BCUT2D eigenvalue weighted by atomic mass is 16.3. The van der Waals surface area contributed by atoms with E-state index >= 15 is 0 Å². The second-order valence-corrected chi connectivity index (χ2v) is 5.34. The Morgan fingerprint density at radius 3 is 2.44 bits per heavy atom. The van der Waals surface area contributed by atoms with Gasteiger partial charge in [0, 0.05) is 39.1 Å². The largest absolute Gasteiger partial charge is 0.395 e. The summed E-state index contributed by atoms with van der Waals surface area (Å²) in [6.07, 6.45) is 2.99. The molecule has 0 aromatic carbocycles. The third kappa shape index (κ3) is 3.93. The quantitative estimate of drug-likeness (QED) is 0.712. The van der Waals surface area contributed by atoms with Crippen LogP contribution in [0.5, 0.6) is 0 Å². The molecule has 5 heteroatoms. The highest BCUT2D eigenvalue weighted by molar-refractivity contribution is 5.76. The van der Waals surface area contributed by atoms with Crippen LogP contribution in [0.4, 0.5) is 0 Å². The Kier molecular flexibility index (Phi) is 5.41. The predicted molar refractivity (Wildman–Crippen MR) is 70.3 cm³/mol. The van der Waals surface area contributed by atoms with Crippen LogP contribution in [0.15, 0.2) is 0 Å². The number of hydrogen-bond acceptors (Lipinski definition) is 4. The maximum atomic E-state index is 12.2. The molecule has 2 aliphatic heterocycles. The molecule has 0 atom stereocenters. The van der Waals surface area contributed by atoms with Crippen molar-refractivity contribution in [3.63, 3.8) is 0 Å². The molecule has 0 aliphatic carbocycles. The van der Waals surface area contributed by atoms with Gasteiger partial charge in [-0.2, -0.15) is 0 Å². The van der Waals surface area contributed by atoms with E-state index in [0.29, 0.717) is 11.8 Å². The topological polar surface area (TPSA) is 55.8 Å². The molecule has 2 N–H and O–H groups in total. The van der Waals surface area contributed by atoms with E-state index in [4.69, 9.17) is 5.11 Å². The molecule has 2 aliphatic rings. The monoisotopic (exact) mass is 255 g/mol. The van der Waals surface area contributed by atoms with Gasteiger partial charge in [0.25, 0.3) is 0 Å². The average Bonchev–Trinajstić information content (AvgIpc) is 2.41. The summed E-state index contributed by atoms with van der Waals surface area (Å²) in [6.45, 7) is 6.51. The van der Waals surface area contributed by atoms with Gasteiger partial charge < -0.3 is 15.3 Å². The molecule has 0 radical (unpaired) electrons. The Hall–Kier alpha value is -0.650. The minimum Gasteiger partial charge on any atom is -0.395 e. The average molecular weight is 255 g/mol. The van der Waals surface area contributed by atoms with Gasteiger partial charge in [-0.1, -0.05) is 0 Å². The number of hydrogen-bond donors (Lipinski definition) is 2. The van der Waals surface area contributed by atoms with Crippen molar-refractivity contribution >= 4 is 5.91 Å². The fraction of sp³-hybridized carbons (Fsp3) is 0.923. The number of nitrogens with zero attached hydrogens (tertiary/aromatic N) is 2. The number of aliphatic hydroxyl groups is 1. The van der Waals surface area contributed by atoms with Gasteiger partial charge in [-0.15, -0.1) is 0 Å². The molecule has 0 aromatic heterocycles. The Morgan fingerprint density at radius 2 is 1.83 bits per heavy atom. The van der Waals surface area contributed by atoms with Crippen molar-refractivity contribution in [1.29, 1.82) is 0 Å². The first-order valence-corrected chi connectivity index (χ1v) is 7.11. The Labute approximate surface area is 109 Å². The molecule has 2 heterocycles. The lowest BCUT2D eigenvalue weighted by atomic mass is 9.94. The van der Waals surface area contributed by atoms with Gasteiger partial charge >= 0.3 is 0 Å². The summed E-state index contributed by atoms with van der Waals surface area (Å²) in [7, 11) is 0. The van der Waals surface area contributed by atoms with Crippen molar-refractivity contribution in [1.82, 2.24) is 15.1 Å². The first-order valence-electron chi connectivity index (χ1n) is 7.11. The van der Waals surface area contributed by atoms with E-state index in [0.717, 1.165) is 65.1 Å². The second-order valence-electron chi connectivity index (χ2n) is 5.34. The highest BCUT2D eigenvalue weighted by Crippen LogP contribution is 2.17. The Morgan fingerprint density at radius 1 is 1.17 bits per heavy atom. The van der Waals surface area contributed by atoms with Crippen LogP contribution in [0, 0.1) is 5.92 Å². The van der Waals surface area contributed by atoms with Crippen LogP contribution < -0.4 is 5.32 Å².